The molecule has 1 amide bonds. The van der Waals surface area contributed by atoms with Crippen LogP contribution in [0.4, 0.5) is 0 Å². The molecule has 1 aromatic carbocycles. The van der Waals surface area contributed by atoms with E-state index in [1.165, 1.54) is 5.56 Å². The average Bonchev–Trinajstić information content (AvgIpc) is 2.77. The molecular formula is C23H26N2O5. The van der Waals surface area contributed by atoms with Crippen LogP contribution in [-0.4, -0.2) is 47.6 Å². The van der Waals surface area contributed by atoms with Gasteiger partial charge in [-0.3, -0.25) is 9.59 Å². The Hall–Kier alpha value is -3.09. The number of fused-ring (bicyclic) bond motifs is 2. The van der Waals surface area contributed by atoms with Gasteiger partial charge in [0, 0.05) is 12.2 Å². The lowest BCUT2D eigenvalue weighted by atomic mass is 9.89. The molecule has 1 unspecified atom stereocenters. The molecule has 0 fully saturated rings. The summed E-state index contributed by atoms with van der Waals surface area (Å²) < 4.78 is 10.8. The number of carboxylic acid groups (broad SMARTS) is 1. The zero-order valence-electron chi connectivity index (χ0n) is 17.3. The van der Waals surface area contributed by atoms with Gasteiger partial charge in [0.1, 0.15) is 5.69 Å². The predicted molar refractivity (Wildman–Crippen MR) is 110 cm³/mol. The normalized spacial score (nSPS) is 17.7. The first-order valence-corrected chi connectivity index (χ1v) is 10.3. The largest absolute Gasteiger partial charge is 0.493 e. The Morgan fingerprint density at radius 3 is 2.53 bits per heavy atom. The number of carboxylic acids is 1. The van der Waals surface area contributed by atoms with Crippen LogP contribution in [0.3, 0.4) is 0 Å². The predicted octanol–water partition coefficient (Wildman–Crippen LogP) is 3.19. The highest BCUT2D eigenvalue weighted by Crippen LogP contribution is 2.40. The number of hydrogen-bond acceptors (Lipinski definition) is 5. The zero-order chi connectivity index (χ0) is 21.3. The van der Waals surface area contributed by atoms with E-state index in [2.05, 4.69) is 4.98 Å². The standard InChI is InChI=1S/C23H26N2O5/c1-29-20-11-15-9-10-25(19(13-22(26)27)16(15)12-21(20)30-2)23(28)18-8-7-14-5-3-4-6-17(14)24-18/h7-8,11-12,19H,3-6,9-10,13H2,1-2H3,(H,26,27). The van der Waals surface area contributed by atoms with Crippen molar-refractivity contribution in [3.05, 3.63) is 52.3 Å². The number of carbonyl (C=O) groups is 2. The number of rotatable bonds is 5. The van der Waals surface area contributed by atoms with E-state index in [0.717, 1.165) is 42.5 Å². The van der Waals surface area contributed by atoms with Crippen molar-refractivity contribution < 1.29 is 24.2 Å². The molecule has 1 aliphatic carbocycles. The molecule has 4 rings (SSSR count). The minimum atomic E-state index is -0.959. The van der Waals surface area contributed by atoms with Gasteiger partial charge >= 0.3 is 5.97 Å². The maximum atomic E-state index is 13.4. The van der Waals surface area contributed by atoms with Crippen LogP contribution < -0.4 is 9.47 Å². The van der Waals surface area contributed by atoms with Gasteiger partial charge < -0.3 is 19.5 Å². The van der Waals surface area contributed by atoms with E-state index >= 15 is 0 Å². The Morgan fingerprint density at radius 2 is 1.80 bits per heavy atom. The van der Waals surface area contributed by atoms with E-state index in [0.29, 0.717) is 30.2 Å². The van der Waals surface area contributed by atoms with Crippen LogP contribution >= 0.6 is 0 Å². The van der Waals surface area contributed by atoms with Gasteiger partial charge in [-0.15, -0.1) is 0 Å². The number of amides is 1. The summed E-state index contributed by atoms with van der Waals surface area (Å²) in [5.41, 5.74) is 4.34. The molecule has 0 saturated carbocycles. The molecule has 7 nitrogen and oxygen atoms in total. The molecule has 158 valence electrons. The van der Waals surface area contributed by atoms with Crippen LogP contribution in [0, 0.1) is 0 Å². The number of aromatic nitrogens is 1. The summed E-state index contributed by atoms with van der Waals surface area (Å²) in [7, 11) is 3.11. The third-order valence-electron chi connectivity index (χ3n) is 6.03. The van der Waals surface area contributed by atoms with Crippen LogP contribution in [0.25, 0.3) is 0 Å². The molecule has 0 spiro atoms. The molecule has 2 aromatic rings. The number of nitrogens with zero attached hydrogens (tertiary/aromatic N) is 2. The van der Waals surface area contributed by atoms with Gasteiger partial charge in [0.25, 0.3) is 5.91 Å². The first-order valence-electron chi connectivity index (χ1n) is 10.3. The molecule has 0 saturated heterocycles. The molecule has 1 atom stereocenters. The molecule has 0 radical (unpaired) electrons. The Kier molecular flexibility index (Phi) is 5.61. The lowest BCUT2D eigenvalue weighted by Gasteiger charge is -2.37. The minimum absolute atomic E-state index is 0.181. The fourth-order valence-electron chi connectivity index (χ4n) is 4.51. The Bertz CT molecular complexity index is 988. The van der Waals surface area contributed by atoms with E-state index in [-0.39, 0.29) is 12.3 Å². The van der Waals surface area contributed by atoms with Crippen LogP contribution in [-0.2, 0) is 24.1 Å². The van der Waals surface area contributed by atoms with Crippen molar-refractivity contribution in [2.75, 3.05) is 20.8 Å². The maximum Gasteiger partial charge on any atom is 0.305 e. The molecule has 2 heterocycles. The Balaban J connectivity index is 1.71. The first kappa shape index (κ1) is 20.2. The topological polar surface area (TPSA) is 89.0 Å². The van der Waals surface area contributed by atoms with Crippen molar-refractivity contribution in [1.82, 2.24) is 9.88 Å². The number of aliphatic carboxylic acids is 1. The van der Waals surface area contributed by atoms with Crippen LogP contribution in [0.15, 0.2) is 24.3 Å². The quantitative estimate of drug-likeness (QED) is 0.814. The fourth-order valence-corrected chi connectivity index (χ4v) is 4.51. The summed E-state index contributed by atoms with van der Waals surface area (Å²) in [5, 5.41) is 9.54. The van der Waals surface area contributed by atoms with Crippen LogP contribution in [0.2, 0.25) is 0 Å². The summed E-state index contributed by atoms with van der Waals surface area (Å²) in [4.78, 5) is 31.3. The number of pyridine rings is 1. The maximum absolute atomic E-state index is 13.4. The van der Waals surface area contributed by atoms with Gasteiger partial charge in [-0.05, 0) is 67.0 Å². The van der Waals surface area contributed by atoms with E-state index < -0.39 is 12.0 Å². The molecular weight excluding hydrogens is 384 g/mol. The van der Waals surface area contributed by atoms with E-state index in [1.807, 2.05) is 12.1 Å². The van der Waals surface area contributed by atoms with Crippen molar-refractivity contribution >= 4 is 11.9 Å². The smallest absolute Gasteiger partial charge is 0.305 e. The number of hydrogen-bond donors (Lipinski definition) is 1. The third-order valence-corrected chi connectivity index (χ3v) is 6.03. The minimum Gasteiger partial charge on any atom is -0.493 e. The molecule has 30 heavy (non-hydrogen) atoms. The third kappa shape index (κ3) is 3.72. The number of aryl methyl sites for hydroxylation is 2. The summed E-state index contributed by atoms with van der Waals surface area (Å²) in [6, 6.07) is 6.85. The second kappa shape index (κ2) is 8.34. The van der Waals surface area contributed by atoms with Gasteiger partial charge in [0.05, 0.1) is 26.7 Å². The Labute approximate surface area is 175 Å². The lowest BCUT2D eigenvalue weighted by Crippen LogP contribution is -2.41. The summed E-state index contributed by atoms with van der Waals surface area (Å²) in [6.07, 6.45) is 4.54. The highest BCUT2D eigenvalue weighted by molar-refractivity contribution is 5.93. The first-order chi connectivity index (χ1) is 14.5. The zero-order valence-corrected chi connectivity index (χ0v) is 17.3. The highest BCUT2D eigenvalue weighted by Gasteiger charge is 2.34. The average molecular weight is 410 g/mol. The Morgan fingerprint density at radius 1 is 1.07 bits per heavy atom. The second-order valence-corrected chi connectivity index (χ2v) is 7.78. The summed E-state index contributed by atoms with van der Waals surface area (Å²) in [5.74, 6) is -0.0665. The van der Waals surface area contributed by atoms with Crippen molar-refractivity contribution in [3.63, 3.8) is 0 Å². The van der Waals surface area contributed by atoms with E-state index in [1.54, 1.807) is 31.3 Å². The van der Waals surface area contributed by atoms with Gasteiger partial charge in [-0.1, -0.05) is 6.07 Å². The monoisotopic (exact) mass is 410 g/mol. The van der Waals surface area contributed by atoms with E-state index in [4.69, 9.17) is 9.47 Å². The van der Waals surface area contributed by atoms with Crippen molar-refractivity contribution in [3.8, 4) is 11.5 Å². The van der Waals surface area contributed by atoms with Gasteiger partial charge in [0.2, 0.25) is 0 Å². The molecule has 2 aliphatic rings. The van der Waals surface area contributed by atoms with Gasteiger partial charge in [-0.2, -0.15) is 0 Å². The molecule has 1 aliphatic heterocycles. The summed E-state index contributed by atoms with van der Waals surface area (Å²) >= 11 is 0. The number of benzene rings is 1. The fraction of sp³-hybridized carbons (Fsp3) is 0.435. The summed E-state index contributed by atoms with van der Waals surface area (Å²) in [6.45, 7) is 0.429. The molecule has 1 aromatic heterocycles. The van der Waals surface area contributed by atoms with Gasteiger partial charge in [0.15, 0.2) is 11.5 Å². The highest BCUT2D eigenvalue weighted by atomic mass is 16.5. The van der Waals surface area contributed by atoms with Gasteiger partial charge in [-0.25, -0.2) is 4.98 Å². The number of carbonyl (C=O) groups excluding carboxylic acids is 1. The molecule has 7 heteroatoms. The number of ether oxygens (including phenoxy) is 2. The van der Waals surface area contributed by atoms with Crippen molar-refractivity contribution in [1.29, 1.82) is 0 Å². The SMILES string of the molecule is COc1cc2c(cc1OC)C(CC(=O)O)N(C(=O)c1ccc3c(n1)CCCC3)CC2. The van der Waals surface area contributed by atoms with Crippen LogP contribution in [0.5, 0.6) is 11.5 Å². The molecule has 1 N–H and O–H groups in total. The lowest BCUT2D eigenvalue weighted by molar-refractivity contribution is -0.138. The van der Waals surface area contributed by atoms with Crippen molar-refractivity contribution in [2.45, 2.75) is 44.6 Å². The second-order valence-electron chi connectivity index (χ2n) is 7.78. The van der Waals surface area contributed by atoms with E-state index in [9.17, 15) is 14.7 Å². The molecule has 0 bridgehead atoms. The number of methoxy groups -OCH3 is 2. The van der Waals surface area contributed by atoms with Crippen LogP contribution in [0.1, 0.15) is 58.2 Å². The van der Waals surface area contributed by atoms with Crippen molar-refractivity contribution in [2.24, 2.45) is 0 Å².